The van der Waals surface area contributed by atoms with Crippen molar-refractivity contribution in [3.05, 3.63) is 96.7 Å². The normalized spacial score (nSPS) is 10.7. The van der Waals surface area contributed by atoms with E-state index in [1.807, 2.05) is 24.4 Å². The smallest absolute Gasteiger partial charge is 0.243 e. The highest BCUT2D eigenvalue weighted by molar-refractivity contribution is 5.87. The van der Waals surface area contributed by atoms with E-state index >= 15 is 0 Å². The number of nitrogens with zero attached hydrogens (tertiary/aromatic N) is 4. The van der Waals surface area contributed by atoms with Crippen LogP contribution < -0.4 is 11.1 Å². The van der Waals surface area contributed by atoms with Crippen molar-refractivity contribution in [2.75, 3.05) is 5.73 Å². The second-order valence-electron chi connectivity index (χ2n) is 7.15. The molecule has 3 heterocycles. The van der Waals surface area contributed by atoms with Gasteiger partial charge in [-0.2, -0.15) is 5.10 Å². The van der Waals surface area contributed by atoms with Gasteiger partial charge in [0.25, 0.3) is 0 Å². The molecular formula is C24H21FN6O. The molecule has 0 aliphatic heterocycles. The molecule has 3 N–H and O–H groups in total. The SMILES string of the molecule is C=CC(=O)NCc1cnc(-c2ccc(F)cc2)cc1-c1ccn(Cc2ccc(N)nc2)n1. The number of aromatic nitrogens is 4. The molecule has 0 aliphatic carbocycles. The summed E-state index contributed by atoms with van der Waals surface area (Å²) in [5.74, 6) is -0.125. The number of benzene rings is 1. The maximum Gasteiger partial charge on any atom is 0.243 e. The minimum absolute atomic E-state index is 0.269. The quantitative estimate of drug-likeness (QED) is 0.439. The number of rotatable bonds is 7. The summed E-state index contributed by atoms with van der Waals surface area (Å²) in [5.41, 5.74) is 10.4. The summed E-state index contributed by atoms with van der Waals surface area (Å²) < 4.78 is 15.1. The number of nitrogen functional groups attached to an aromatic ring is 1. The van der Waals surface area contributed by atoms with Crippen LogP contribution in [0.3, 0.4) is 0 Å². The molecule has 3 aromatic heterocycles. The van der Waals surface area contributed by atoms with Crippen molar-refractivity contribution < 1.29 is 9.18 Å². The summed E-state index contributed by atoms with van der Waals surface area (Å²) in [6, 6.07) is 13.6. The average Bonchev–Trinajstić information content (AvgIpc) is 3.27. The molecule has 160 valence electrons. The Balaban J connectivity index is 1.67. The van der Waals surface area contributed by atoms with Crippen LogP contribution in [0.1, 0.15) is 11.1 Å². The molecule has 1 amide bonds. The zero-order valence-corrected chi connectivity index (χ0v) is 17.2. The van der Waals surface area contributed by atoms with Crippen LogP contribution in [0.2, 0.25) is 0 Å². The third-order valence-corrected chi connectivity index (χ3v) is 4.87. The van der Waals surface area contributed by atoms with Crippen LogP contribution in [0.15, 0.2) is 79.8 Å². The number of amides is 1. The standard InChI is InChI=1S/C24H21FN6O/c1-2-24(32)29-14-18-13-27-22(17-4-6-19(25)7-5-17)11-20(18)21-9-10-31(30-21)15-16-3-8-23(26)28-12-16/h2-13H,1,14-15H2,(H2,26,28)(H,29,32). The number of carbonyl (C=O) groups is 1. The Morgan fingerprint density at radius 2 is 1.91 bits per heavy atom. The van der Waals surface area contributed by atoms with Crippen LogP contribution >= 0.6 is 0 Å². The van der Waals surface area contributed by atoms with E-state index in [0.717, 1.165) is 27.9 Å². The van der Waals surface area contributed by atoms with Crippen molar-refractivity contribution in [1.82, 2.24) is 25.1 Å². The maximum absolute atomic E-state index is 13.3. The number of nitrogens with one attached hydrogen (secondary N) is 1. The molecule has 4 rings (SSSR count). The Hall–Kier alpha value is -4.33. The fourth-order valence-electron chi connectivity index (χ4n) is 3.21. The third kappa shape index (κ3) is 4.86. The van der Waals surface area contributed by atoms with E-state index in [1.54, 1.807) is 35.3 Å². The Morgan fingerprint density at radius 1 is 1.09 bits per heavy atom. The molecule has 0 fully saturated rings. The van der Waals surface area contributed by atoms with Crippen LogP contribution in [0.4, 0.5) is 10.2 Å². The summed E-state index contributed by atoms with van der Waals surface area (Å²) in [4.78, 5) is 20.3. The highest BCUT2D eigenvalue weighted by atomic mass is 19.1. The monoisotopic (exact) mass is 428 g/mol. The molecule has 0 unspecified atom stereocenters. The first-order valence-electron chi connectivity index (χ1n) is 9.91. The molecule has 7 nitrogen and oxygen atoms in total. The predicted molar refractivity (Wildman–Crippen MR) is 121 cm³/mol. The topological polar surface area (TPSA) is 98.7 Å². The minimum Gasteiger partial charge on any atom is -0.384 e. The molecule has 0 atom stereocenters. The van der Waals surface area contributed by atoms with E-state index in [9.17, 15) is 9.18 Å². The zero-order valence-electron chi connectivity index (χ0n) is 17.2. The number of pyridine rings is 2. The van der Waals surface area contributed by atoms with Gasteiger partial charge < -0.3 is 11.1 Å². The largest absolute Gasteiger partial charge is 0.384 e. The number of halogens is 1. The summed E-state index contributed by atoms with van der Waals surface area (Å²) in [7, 11) is 0. The first-order valence-corrected chi connectivity index (χ1v) is 9.91. The lowest BCUT2D eigenvalue weighted by molar-refractivity contribution is -0.116. The van der Waals surface area contributed by atoms with Gasteiger partial charge in [-0.1, -0.05) is 12.6 Å². The molecule has 0 aliphatic rings. The molecular weight excluding hydrogens is 407 g/mol. The van der Waals surface area contributed by atoms with Crippen molar-refractivity contribution in [3.8, 4) is 22.5 Å². The Morgan fingerprint density at radius 3 is 2.62 bits per heavy atom. The van der Waals surface area contributed by atoms with Gasteiger partial charge in [-0.15, -0.1) is 0 Å². The number of anilines is 1. The van der Waals surface area contributed by atoms with E-state index in [0.29, 0.717) is 18.1 Å². The predicted octanol–water partition coefficient (Wildman–Crippen LogP) is 3.58. The lowest BCUT2D eigenvalue weighted by atomic mass is 10.0. The van der Waals surface area contributed by atoms with E-state index in [1.165, 1.54) is 18.2 Å². The van der Waals surface area contributed by atoms with Gasteiger partial charge in [0.15, 0.2) is 0 Å². The van der Waals surface area contributed by atoms with Gasteiger partial charge in [0, 0.05) is 36.3 Å². The van der Waals surface area contributed by atoms with Gasteiger partial charge in [-0.3, -0.25) is 14.5 Å². The second-order valence-corrected chi connectivity index (χ2v) is 7.15. The lowest BCUT2D eigenvalue weighted by Crippen LogP contribution is -2.20. The highest BCUT2D eigenvalue weighted by Gasteiger charge is 2.13. The van der Waals surface area contributed by atoms with E-state index < -0.39 is 0 Å². The fourth-order valence-corrected chi connectivity index (χ4v) is 3.21. The fraction of sp³-hybridized carbons (Fsp3) is 0.0833. The summed E-state index contributed by atoms with van der Waals surface area (Å²) in [5, 5.41) is 7.47. The van der Waals surface area contributed by atoms with Gasteiger partial charge in [0.05, 0.1) is 17.9 Å². The number of hydrogen-bond acceptors (Lipinski definition) is 5. The van der Waals surface area contributed by atoms with Crippen molar-refractivity contribution in [2.24, 2.45) is 0 Å². The van der Waals surface area contributed by atoms with Crippen LogP contribution in [0, 0.1) is 5.82 Å². The number of nitrogens with two attached hydrogens (primary N) is 1. The van der Waals surface area contributed by atoms with E-state index in [4.69, 9.17) is 10.8 Å². The van der Waals surface area contributed by atoms with Crippen LogP contribution in [-0.4, -0.2) is 25.7 Å². The average molecular weight is 428 g/mol. The Labute approximate surface area is 184 Å². The number of carbonyl (C=O) groups excluding carboxylic acids is 1. The molecule has 8 heteroatoms. The zero-order chi connectivity index (χ0) is 22.5. The van der Waals surface area contributed by atoms with Crippen LogP contribution in [0.5, 0.6) is 0 Å². The maximum atomic E-state index is 13.3. The Bertz CT molecular complexity index is 1250. The first kappa shape index (κ1) is 20.9. The van der Waals surface area contributed by atoms with Crippen molar-refractivity contribution >= 4 is 11.7 Å². The van der Waals surface area contributed by atoms with E-state index in [-0.39, 0.29) is 18.3 Å². The summed E-state index contributed by atoms with van der Waals surface area (Å²) >= 11 is 0. The van der Waals surface area contributed by atoms with Crippen molar-refractivity contribution in [2.45, 2.75) is 13.1 Å². The van der Waals surface area contributed by atoms with Gasteiger partial charge in [0.2, 0.25) is 5.91 Å². The lowest BCUT2D eigenvalue weighted by Gasteiger charge is -2.11. The second kappa shape index (κ2) is 9.22. The molecule has 0 saturated heterocycles. The highest BCUT2D eigenvalue weighted by Crippen LogP contribution is 2.27. The molecule has 0 saturated carbocycles. The van der Waals surface area contributed by atoms with Gasteiger partial charge in [-0.05, 0) is 59.7 Å². The van der Waals surface area contributed by atoms with E-state index in [2.05, 4.69) is 21.9 Å². The molecule has 4 aromatic rings. The van der Waals surface area contributed by atoms with Gasteiger partial charge in [-0.25, -0.2) is 9.37 Å². The molecule has 0 bridgehead atoms. The van der Waals surface area contributed by atoms with Gasteiger partial charge >= 0.3 is 0 Å². The molecule has 0 spiro atoms. The van der Waals surface area contributed by atoms with Gasteiger partial charge in [0.1, 0.15) is 11.6 Å². The summed E-state index contributed by atoms with van der Waals surface area (Å²) in [6.45, 7) is 4.28. The molecule has 0 radical (unpaired) electrons. The number of hydrogen-bond donors (Lipinski definition) is 2. The minimum atomic E-state index is -0.311. The summed E-state index contributed by atoms with van der Waals surface area (Å²) in [6.07, 6.45) is 6.50. The van der Waals surface area contributed by atoms with Crippen LogP contribution in [-0.2, 0) is 17.9 Å². The first-order chi connectivity index (χ1) is 15.5. The molecule has 32 heavy (non-hydrogen) atoms. The van der Waals surface area contributed by atoms with Crippen LogP contribution in [0.25, 0.3) is 22.5 Å². The van der Waals surface area contributed by atoms with Crippen molar-refractivity contribution in [1.29, 1.82) is 0 Å². The van der Waals surface area contributed by atoms with Crippen molar-refractivity contribution in [3.63, 3.8) is 0 Å². The molecule has 1 aromatic carbocycles. The third-order valence-electron chi connectivity index (χ3n) is 4.87. The Kier molecular flexibility index (Phi) is 6.03.